The van der Waals surface area contributed by atoms with Crippen LogP contribution in [0.25, 0.3) is 0 Å². The van der Waals surface area contributed by atoms with E-state index in [2.05, 4.69) is 6.58 Å². The first-order chi connectivity index (χ1) is 5.59. The van der Waals surface area contributed by atoms with E-state index in [9.17, 15) is 4.39 Å². The Kier molecular flexibility index (Phi) is 2.48. The van der Waals surface area contributed by atoms with Crippen LogP contribution in [0.4, 0.5) is 10.1 Å². The van der Waals surface area contributed by atoms with Crippen LogP contribution in [0, 0.1) is 5.82 Å². The molecule has 2 N–H and O–H groups in total. The second kappa shape index (κ2) is 3.39. The van der Waals surface area contributed by atoms with Crippen molar-refractivity contribution in [1.29, 1.82) is 0 Å². The van der Waals surface area contributed by atoms with Gasteiger partial charge in [0.2, 0.25) is 0 Å². The van der Waals surface area contributed by atoms with Crippen LogP contribution in [0.5, 0.6) is 0 Å². The van der Waals surface area contributed by atoms with Gasteiger partial charge in [-0.3, -0.25) is 0 Å². The average Bonchev–Trinajstić information content (AvgIpc) is 1.94. The molecule has 1 nitrogen and oxygen atoms in total. The summed E-state index contributed by atoms with van der Waals surface area (Å²) in [5, 5.41) is 0. The van der Waals surface area contributed by atoms with Gasteiger partial charge in [0.1, 0.15) is 5.82 Å². The molecule has 0 aliphatic rings. The van der Waals surface area contributed by atoms with Gasteiger partial charge in [0.05, 0.1) is 0 Å². The number of hydrogen-bond acceptors (Lipinski definition) is 1. The minimum absolute atomic E-state index is 0.294. The monoisotopic (exact) mass is 165 g/mol. The van der Waals surface area contributed by atoms with Crippen molar-refractivity contribution in [1.82, 2.24) is 0 Å². The first-order valence-electron chi connectivity index (χ1n) is 3.78. The lowest BCUT2D eigenvalue weighted by Gasteiger charge is -2.04. The Morgan fingerprint density at radius 3 is 2.75 bits per heavy atom. The van der Waals surface area contributed by atoms with Gasteiger partial charge in [-0.2, -0.15) is 0 Å². The molecule has 0 aliphatic carbocycles. The van der Waals surface area contributed by atoms with Crippen LogP contribution < -0.4 is 5.73 Å². The number of hydrogen-bond donors (Lipinski definition) is 1. The Morgan fingerprint density at radius 1 is 1.58 bits per heavy atom. The topological polar surface area (TPSA) is 26.0 Å². The summed E-state index contributed by atoms with van der Waals surface area (Å²) in [5.74, 6) is -0.294. The predicted octanol–water partition coefficient (Wildman–Crippen LogP) is 2.53. The Morgan fingerprint density at radius 2 is 2.25 bits per heavy atom. The van der Waals surface area contributed by atoms with E-state index < -0.39 is 0 Å². The summed E-state index contributed by atoms with van der Waals surface area (Å²) in [7, 11) is 0. The molecule has 0 aromatic heterocycles. The van der Waals surface area contributed by atoms with Gasteiger partial charge in [-0.15, -0.1) is 0 Å². The molecular formula is C10H12FN. The van der Waals surface area contributed by atoms with Gasteiger partial charge in [0.15, 0.2) is 0 Å². The highest BCUT2D eigenvalue weighted by Crippen LogP contribution is 2.16. The van der Waals surface area contributed by atoms with Crippen molar-refractivity contribution in [2.45, 2.75) is 13.3 Å². The third kappa shape index (κ3) is 2.09. The summed E-state index contributed by atoms with van der Waals surface area (Å²) in [5.41, 5.74) is 8.04. The third-order valence-electron chi connectivity index (χ3n) is 1.60. The summed E-state index contributed by atoms with van der Waals surface area (Å²) >= 11 is 0. The first kappa shape index (κ1) is 8.78. The van der Waals surface area contributed by atoms with Crippen molar-refractivity contribution in [3.05, 3.63) is 41.7 Å². The molecule has 0 fully saturated rings. The zero-order valence-corrected chi connectivity index (χ0v) is 7.10. The molecule has 1 aromatic carbocycles. The number of rotatable bonds is 2. The fourth-order valence-corrected chi connectivity index (χ4v) is 1.05. The summed E-state index contributed by atoms with van der Waals surface area (Å²) in [6.07, 6.45) is 0.714. The maximum atomic E-state index is 12.6. The fraction of sp³-hybridized carbons (Fsp3) is 0.200. The summed E-state index contributed by atoms with van der Waals surface area (Å²) in [4.78, 5) is 0. The summed E-state index contributed by atoms with van der Waals surface area (Å²) in [6.45, 7) is 5.68. The van der Waals surface area contributed by atoms with E-state index in [1.165, 1.54) is 12.1 Å². The highest BCUT2D eigenvalue weighted by Gasteiger charge is 1.99. The lowest BCUT2D eigenvalue weighted by atomic mass is 10.1. The van der Waals surface area contributed by atoms with E-state index in [1.54, 1.807) is 6.07 Å². The van der Waals surface area contributed by atoms with Crippen LogP contribution in [0.1, 0.15) is 12.5 Å². The largest absolute Gasteiger partial charge is 0.398 e. The van der Waals surface area contributed by atoms with Crippen LogP contribution >= 0.6 is 0 Å². The predicted molar refractivity (Wildman–Crippen MR) is 49.3 cm³/mol. The number of nitrogens with two attached hydrogens (primary N) is 1. The normalized spacial score (nSPS) is 9.83. The van der Waals surface area contributed by atoms with E-state index in [-0.39, 0.29) is 5.82 Å². The highest BCUT2D eigenvalue weighted by atomic mass is 19.1. The molecule has 0 saturated heterocycles. The molecule has 2 heteroatoms. The number of halogens is 1. The maximum Gasteiger partial charge on any atom is 0.125 e. The highest BCUT2D eigenvalue weighted by molar-refractivity contribution is 5.48. The second-order valence-electron chi connectivity index (χ2n) is 2.98. The Labute approximate surface area is 71.7 Å². The summed E-state index contributed by atoms with van der Waals surface area (Å²) < 4.78 is 12.6. The zero-order valence-electron chi connectivity index (χ0n) is 7.10. The fourth-order valence-electron chi connectivity index (χ4n) is 1.05. The van der Waals surface area contributed by atoms with Gasteiger partial charge in [0.25, 0.3) is 0 Å². The number of benzene rings is 1. The van der Waals surface area contributed by atoms with Crippen molar-refractivity contribution in [3.63, 3.8) is 0 Å². The standard InChI is InChI=1S/C10H12FN/c1-7(2)5-8-3-4-9(11)6-10(8)12/h3-4,6H,1,5,12H2,2H3. The Balaban J connectivity index is 2.93. The molecule has 0 spiro atoms. The zero-order chi connectivity index (χ0) is 9.14. The molecule has 12 heavy (non-hydrogen) atoms. The molecule has 0 aliphatic heterocycles. The van der Waals surface area contributed by atoms with Crippen LogP contribution in [-0.2, 0) is 6.42 Å². The van der Waals surface area contributed by atoms with Gasteiger partial charge in [0, 0.05) is 5.69 Å². The van der Waals surface area contributed by atoms with Crippen molar-refractivity contribution < 1.29 is 4.39 Å². The SMILES string of the molecule is C=C(C)Cc1ccc(F)cc1N. The number of anilines is 1. The van der Waals surface area contributed by atoms with Crippen molar-refractivity contribution >= 4 is 5.69 Å². The molecule has 0 radical (unpaired) electrons. The molecular weight excluding hydrogens is 153 g/mol. The molecule has 0 atom stereocenters. The van der Waals surface area contributed by atoms with E-state index in [1.807, 2.05) is 6.92 Å². The quantitative estimate of drug-likeness (QED) is 0.529. The number of allylic oxidation sites excluding steroid dienone is 1. The molecule has 0 amide bonds. The molecule has 0 saturated carbocycles. The van der Waals surface area contributed by atoms with Gasteiger partial charge < -0.3 is 5.73 Å². The Hall–Kier alpha value is -1.31. The summed E-state index contributed by atoms with van der Waals surface area (Å²) in [6, 6.07) is 4.44. The van der Waals surface area contributed by atoms with Crippen LogP contribution in [0.15, 0.2) is 30.4 Å². The molecule has 0 bridgehead atoms. The van der Waals surface area contributed by atoms with E-state index in [4.69, 9.17) is 5.73 Å². The molecule has 0 heterocycles. The van der Waals surface area contributed by atoms with Crippen LogP contribution in [0.2, 0.25) is 0 Å². The van der Waals surface area contributed by atoms with Gasteiger partial charge in [-0.05, 0) is 31.0 Å². The van der Waals surface area contributed by atoms with Gasteiger partial charge >= 0.3 is 0 Å². The molecule has 64 valence electrons. The lowest BCUT2D eigenvalue weighted by Crippen LogP contribution is -1.95. The minimum Gasteiger partial charge on any atom is -0.398 e. The molecule has 0 unspecified atom stereocenters. The van der Waals surface area contributed by atoms with Crippen LogP contribution in [0.3, 0.4) is 0 Å². The average molecular weight is 165 g/mol. The number of nitrogen functional groups attached to an aromatic ring is 1. The first-order valence-corrected chi connectivity index (χ1v) is 3.78. The molecule has 1 aromatic rings. The molecule has 1 rings (SSSR count). The van der Waals surface area contributed by atoms with Crippen molar-refractivity contribution in [2.75, 3.05) is 5.73 Å². The van der Waals surface area contributed by atoms with Crippen LogP contribution in [-0.4, -0.2) is 0 Å². The Bertz CT molecular complexity index is 305. The van der Waals surface area contributed by atoms with Gasteiger partial charge in [-0.1, -0.05) is 18.2 Å². The van der Waals surface area contributed by atoms with Crippen molar-refractivity contribution in [2.24, 2.45) is 0 Å². The third-order valence-corrected chi connectivity index (χ3v) is 1.60. The van der Waals surface area contributed by atoms with Crippen molar-refractivity contribution in [3.8, 4) is 0 Å². The van der Waals surface area contributed by atoms with Gasteiger partial charge in [-0.25, -0.2) is 4.39 Å². The van der Waals surface area contributed by atoms with E-state index in [0.717, 1.165) is 11.1 Å². The van der Waals surface area contributed by atoms with E-state index in [0.29, 0.717) is 12.1 Å². The van der Waals surface area contributed by atoms with E-state index >= 15 is 0 Å². The maximum absolute atomic E-state index is 12.6. The smallest absolute Gasteiger partial charge is 0.125 e. The second-order valence-corrected chi connectivity index (χ2v) is 2.98. The lowest BCUT2D eigenvalue weighted by molar-refractivity contribution is 0.628. The minimum atomic E-state index is -0.294.